The molecule has 1 aliphatic rings. The van der Waals surface area contributed by atoms with E-state index in [4.69, 9.17) is 14.2 Å². The summed E-state index contributed by atoms with van der Waals surface area (Å²) in [5, 5.41) is 3.60. The van der Waals surface area contributed by atoms with E-state index in [1.165, 1.54) is 16.7 Å². The first kappa shape index (κ1) is 25.8. The number of hydrogen-bond acceptors (Lipinski definition) is 6. The molecule has 1 aliphatic heterocycles. The average Bonchev–Trinajstić information content (AvgIpc) is 2.76. The summed E-state index contributed by atoms with van der Waals surface area (Å²) in [6.45, 7) is 11.9. The highest BCUT2D eigenvalue weighted by molar-refractivity contribution is 5.79. The van der Waals surface area contributed by atoms with Gasteiger partial charge in [-0.15, -0.1) is 0 Å². The Hall–Kier alpha value is -2.86. The summed E-state index contributed by atoms with van der Waals surface area (Å²) in [5.41, 5.74) is 2.39. The Kier molecular flexibility index (Phi) is 7.71. The molecule has 1 atom stereocenters. The zero-order valence-corrected chi connectivity index (χ0v) is 21.4. The van der Waals surface area contributed by atoms with E-state index in [2.05, 4.69) is 5.32 Å². The lowest BCUT2D eigenvalue weighted by atomic mass is 9.90. The van der Waals surface area contributed by atoms with Crippen LogP contribution in [0.3, 0.4) is 0 Å². The highest BCUT2D eigenvalue weighted by Gasteiger charge is 2.28. The molecule has 0 saturated heterocycles. The summed E-state index contributed by atoms with van der Waals surface area (Å²) in [5.74, 6) is 1.07. The van der Waals surface area contributed by atoms with Gasteiger partial charge < -0.3 is 19.5 Å². The summed E-state index contributed by atoms with van der Waals surface area (Å²) in [4.78, 5) is 24.5. The lowest BCUT2D eigenvalue weighted by Gasteiger charge is -2.28. The molecule has 184 valence electrons. The summed E-state index contributed by atoms with van der Waals surface area (Å²) in [6.07, 6.45) is 2.63. The van der Waals surface area contributed by atoms with E-state index in [0.29, 0.717) is 17.2 Å². The van der Waals surface area contributed by atoms with Crippen LogP contribution in [0.4, 0.5) is 0 Å². The first-order valence-electron chi connectivity index (χ1n) is 11.9. The Bertz CT molecular complexity index is 1030. The molecule has 0 aliphatic carbocycles. The van der Waals surface area contributed by atoms with E-state index in [1.54, 1.807) is 7.11 Å². The second-order valence-corrected chi connectivity index (χ2v) is 10.9. The third kappa shape index (κ3) is 6.38. The van der Waals surface area contributed by atoms with Gasteiger partial charge in [0.25, 0.3) is 0 Å². The van der Waals surface area contributed by atoms with E-state index in [-0.39, 0.29) is 18.0 Å². The van der Waals surface area contributed by atoms with Crippen LogP contribution in [0.2, 0.25) is 0 Å². The van der Waals surface area contributed by atoms with Gasteiger partial charge in [0.15, 0.2) is 11.5 Å². The van der Waals surface area contributed by atoms with Crippen molar-refractivity contribution in [3.8, 4) is 17.2 Å². The van der Waals surface area contributed by atoms with Crippen molar-refractivity contribution in [1.82, 2.24) is 5.32 Å². The number of benzene rings is 2. The van der Waals surface area contributed by atoms with E-state index in [0.717, 1.165) is 25.8 Å². The van der Waals surface area contributed by atoms with E-state index >= 15 is 0 Å². The molecule has 6 nitrogen and oxygen atoms in total. The van der Waals surface area contributed by atoms with E-state index in [9.17, 15) is 9.59 Å². The van der Waals surface area contributed by atoms with Crippen LogP contribution in [0.5, 0.6) is 17.2 Å². The summed E-state index contributed by atoms with van der Waals surface area (Å²) in [7, 11) is 1.59. The molecule has 0 saturated carbocycles. The van der Waals surface area contributed by atoms with Crippen molar-refractivity contribution >= 4 is 11.9 Å². The van der Waals surface area contributed by atoms with E-state index < -0.39 is 10.8 Å². The minimum absolute atomic E-state index is 0.170. The number of carbonyl (C=O) groups excluding carboxylic acids is 2. The Labute approximate surface area is 203 Å². The van der Waals surface area contributed by atoms with Crippen molar-refractivity contribution in [3.05, 3.63) is 53.1 Å². The molecule has 0 bridgehead atoms. The number of fused-ring (bicyclic) bond motifs is 1. The van der Waals surface area contributed by atoms with Crippen molar-refractivity contribution in [3.63, 3.8) is 0 Å². The summed E-state index contributed by atoms with van der Waals surface area (Å²) >= 11 is 0. The van der Waals surface area contributed by atoms with Crippen molar-refractivity contribution in [2.75, 3.05) is 13.7 Å². The van der Waals surface area contributed by atoms with Gasteiger partial charge in [-0.3, -0.25) is 9.59 Å². The molecule has 34 heavy (non-hydrogen) atoms. The lowest BCUT2D eigenvalue weighted by Crippen LogP contribution is -2.30. The van der Waals surface area contributed by atoms with Crippen molar-refractivity contribution in [2.45, 2.75) is 66.8 Å². The van der Waals surface area contributed by atoms with Gasteiger partial charge in [0.2, 0.25) is 0 Å². The molecule has 1 heterocycles. The molecular formula is C28H37NO5. The number of esters is 2. The van der Waals surface area contributed by atoms with Gasteiger partial charge >= 0.3 is 11.9 Å². The second kappa shape index (κ2) is 10.2. The van der Waals surface area contributed by atoms with Crippen molar-refractivity contribution in [2.24, 2.45) is 10.8 Å². The zero-order chi connectivity index (χ0) is 25.1. The molecule has 6 heteroatoms. The highest BCUT2D eigenvalue weighted by Crippen LogP contribution is 2.37. The maximum absolute atomic E-state index is 12.4. The minimum atomic E-state index is -0.592. The third-order valence-electron chi connectivity index (χ3n) is 5.87. The quantitative estimate of drug-likeness (QED) is 0.452. The van der Waals surface area contributed by atoms with Crippen LogP contribution in [0.15, 0.2) is 36.4 Å². The maximum atomic E-state index is 12.4. The number of carbonyl (C=O) groups is 2. The van der Waals surface area contributed by atoms with Crippen molar-refractivity contribution < 1.29 is 23.8 Å². The normalized spacial score (nSPS) is 15.9. The fourth-order valence-corrected chi connectivity index (χ4v) is 3.69. The Morgan fingerprint density at radius 3 is 2.12 bits per heavy atom. The van der Waals surface area contributed by atoms with Crippen molar-refractivity contribution in [1.29, 1.82) is 0 Å². The SMILES string of the molecule is COc1cc2c(cc1OC(=O)C(C)(C)C)CCN[C@H]2CCc1ccc(OC(=O)C(C)(C)C)cc1. The van der Waals surface area contributed by atoms with E-state index in [1.807, 2.05) is 77.9 Å². The number of aryl methyl sites for hydroxylation is 1. The van der Waals surface area contributed by atoms with Crippen LogP contribution in [0.25, 0.3) is 0 Å². The smallest absolute Gasteiger partial charge is 0.316 e. The summed E-state index contributed by atoms with van der Waals surface area (Å²) in [6, 6.07) is 11.8. The predicted octanol–water partition coefficient (Wildman–Crippen LogP) is 5.42. The Balaban J connectivity index is 1.70. The maximum Gasteiger partial charge on any atom is 0.316 e. The zero-order valence-electron chi connectivity index (χ0n) is 21.4. The monoisotopic (exact) mass is 467 g/mol. The number of rotatable bonds is 6. The van der Waals surface area contributed by atoms with Crippen LogP contribution in [-0.2, 0) is 22.4 Å². The standard InChI is InChI=1S/C28H37NO5/c1-27(2,3)25(30)33-20-11-8-18(9-12-20)10-13-22-21-17-23(32-7)24(16-19(21)14-15-29-22)34-26(31)28(4,5)6/h8-9,11-12,16-17,22,29H,10,13-15H2,1-7H3/t22-/m0/s1. The molecule has 2 aromatic rings. The Morgan fingerprint density at radius 2 is 1.53 bits per heavy atom. The van der Waals surface area contributed by atoms with Gasteiger partial charge in [-0.25, -0.2) is 0 Å². The molecule has 3 rings (SSSR count). The van der Waals surface area contributed by atoms with Crippen LogP contribution >= 0.6 is 0 Å². The van der Waals surface area contributed by atoms with Gasteiger partial charge in [0, 0.05) is 6.04 Å². The molecule has 0 radical (unpaired) electrons. The highest BCUT2D eigenvalue weighted by atomic mass is 16.6. The molecule has 0 unspecified atom stereocenters. The number of hydrogen-bond donors (Lipinski definition) is 1. The van der Waals surface area contributed by atoms with Crippen LogP contribution in [0, 0.1) is 10.8 Å². The molecule has 1 N–H and O–H groups in total. The van der Waals surface area contributed by atoms with Gasteiger partial charge in [0.05, 0.1) is 17.9 Å². The average molecular weight is 468 g/mol. The number of nitrogens with one attached hydrogen (secondary N) is 1. The van der Waals surface area contributed by atoms with Gasteiger partial charge in [0.1, 0.15) is 5.75 Å². The molecule has 0 spiro atoms. The third-order valence-corrected chi connectivity index (χ3v) is 5.87. The lowest BCUT2D eigenvalue weighted by molar-refractivity contribution is -0.143. The molecule has 0 amide bonds. The fraction of sp³-hybridized carbons (Fsp3) is 0.500. The summed E-state index contributed by atoms with van der Waals surface area (Å²) < 4.78 is 16.7. The molecule has 0 aromatic heterocycles. The first-order chi connectivity index (χ1) is 15.9. The number of methoxy groups -OCH3 is 1. The predicted molar refractivity (Wildman–Crippen MR) is 132 cm³/mol. The molecule has 2 aromatic carbocycles. The van der Waals surface area contributed by atoms with Gasteiger partial charge in [-0.1, -0.05) is 12.1 Å². The largest absolute Gasteiger partial charge is 0.493 e. The fourth-order valence-electron chi connectivity index (χ4n) is 3.69. The molecular weight excluding hydrogens is 430 g/mol. The van der Waals surface area contributed by atoms with Gasteiger partial charge in [-0.05, 0) is 108 Å². The Morgan fingerprint density at radius 1 is 0.912 bits per heavy atom. The first-order valence-corrected chi connectivity index (χ1v) is 11.9. The minimum Gasteiger partial charge on any atom is -0.493 e. The second-order valence-electron chi connectivity index (χ2n) is 10.9. The number of ether oxygens (including phenoxy) is 3. The van der Waals surface area contributed by atoms with Crippen LogP contribution in [-0.4, -0.2) is 25.6 Å². The van der Waals surface area contributed by atoms with Gasteiger partial charge in [-0.2, -0.15) is 0 Å². The molecule has 0 fully saturated rings. The topological polar surface area (TPSA) is 73.9 Å². The van der Waals surface area contributed by atoms with Crippen LogP contribution in [0.1, 0.15) is 70.7 Å². The van der Waals surface area contributed by atoms with Crippen LogP contribution < -0.4 is 19.5 Å².